The fraction of sp³-hybridized carbons (Fsp3) is 0.462. The van der Waals surface area contributed by atoms with Crippen molar-refractivity contribution in [2.45, 2.75) is 61.4 Å². The van der Waals surface area contributed by atoms with Crippen molar-refractivity contribution in [2.24, 2.45) is 0 Å². The molecular weight excluding hydrogens is 536 g/mol. The van der Waals surface area contributed by atoms with E-state index in [0.717, 1.165) is 0 Å². The van der Waals surface area contributed by atoms with Crippen molar-refractivity contribution >= 4 is 11.0 Å². The molecule has 14 nitrogen and oxygen atoms in total. The van der Waals surface area contributed by atoms with Crippen molar-refractivity contribution in [1.29, 1.82) is 0 Å². The number of hydrogen-bond acceptors (Lipinski definition) is 14. The van der Waals surface area contributed by atoms with Crippen molar-refractivity contribution in [3.63, 3.8) is 0 Å². The maximum atomic E-state index is 10.3. The minimum atomic E-state index is -1.64. The van der Waals surface area contributed by atoms with Gasteiger partial charge in [-0.2, -0.15) is 0 Å². The molecule has 40 heavy (non-hydrogen) atoms. The molecule has 2 aromatic carbocycles. The number of aliphatic hydroxyl groups excluding tert-OH is 8. The first kappa shape index (κ1) is 28.5. The van der Waals surface area contributed by atoms with Gasteiger partial charge in [0.05, 0.1) is 13.2 Å². The minimum Gasteiger partial charge on any atom is -0.508 e. The summed E-state index contributed by atoms with van der Waals surface area (Å²) < 4.78 is 27.9. The third kappa shape index (κ3) is 5.46. The van der Waals surface area contributed by atoms with Crippen LogP contribution in [0.15, 0.2) is 46.9 Å². The number of benzene rings is 2. The highest BCUT2D eigenvalue weighted by atomic mass is 16.7. The summed E-state index contributed by atoms with van der Waals surface area (Å²) in [5.74, 6) is 0.311. The van der Waals surface area contributed by atoms with Crippen LogP contribution in [0.4, 0.5) is 0 Å². The molecular formula is C26H30O14. The van der Waals surface area contributed by atoms with Gasteiger partial charge in [-0.1, -0.05) is 0 Å². The number of fused-ring (bicyclic) bond motifs is 1. The average Bonchev–Trinajstić information content (AvgIpc) is 3.37. The van der Waals surface area contributed by atoms with E-state index < -0.39 is 74.6 Å². The Balaban J connectivity index is 1.35. The summed E-state index contributed by atoms with van der Waals surface area (Å²) >= 11 is 0. The Morgan fingerprint density at radius 3 is 1.77 bits per heavy atom. The normalized spacial score (nSPS) is 34.6. The monoisotopic (exact) mass is 566 g/mol. The van der Waals surface area contributed by atoms with E-state index in [1.165, 1.54) is 24.3 Å². The van der Waals surface area contributed by atoms with Gasteiger partial charge in [0, 0.05) is 23.1 Å². The maximum Gasteiger partial charge on any atom is 0.229 e. The van der Waals surface area contributed by atoms with Gasteiger partial charge >= 0.3 is 0 Å². The van der Waals surface area contributed by atoms with E-state index in [0.29, 0.717) is 22.3 Å². The molecule has 5 rings (SSSR count). The first-order valence-electron chi connectivity index (χ1n) is 12.4. The van der Waals surface area contributed by atoms with E-state index in [4.69, 9.17) is 23.4 Å². The number of hydrogen-bond donors (Lipinski definition) is 9. The van der Waals surface area contributed by atoms with Crippen LogP contribution < -0.4 is 9.47 Å². The zero-order valence-electron chi connectivity index (χ0n) is 20.8. The zero-order chi connectivity index (χ0) is 28.7. The predicted molar refractivity (Wildman–Crippen MR) is 132 cm³/mol. The van der Waals surface area contributed by atoms with Gasteiger partial charge < -0.3 is 69.3 Å². The highest BCUT2D eigenvalue weighted by molar-refractivity contribution is 5.84. The highest BCUT2D eigenvalue weighted by Gasteiger charge is 2.45. The molecule has 2 aliphatic rings. The Bertz CT molecular complexity index is 1310. The summed E-state index contributed by atoms with van der Waals surface area (Å²) in [6, 6.07) is 10.5. The molecule has 0 saturated carbocycles. The molecule has 0 unspecified atom stereocenters. The molecule has 0 spiro atoms. The Labute approximate surface area is 226 Å². The Morgan fingerprint density at radius 1 is 0.625 bits per heavy atom. The molecule has 2 aliphatic heterocycles. The number of aliphatic hydroxyl groups is 8. The molecule has 3 aromatic rings. The van der Waals surface area contributed by atoms with E-state index in [9.17, 15) is 46.0 Å². The van der Waals surface area contributed by atoms with Crippen LogP contribution in [0.5, 0.6) is 17.2 Å². The second-order valence-corrected chi connectivity index (χ2v) is 9.66. The smallest absolute Gasteiger partial charge is 0.229 e. The molecule has 1 aromatic heterocycles. The van der Waals surface area contributed by atoms with Crippen molar-refractivity contribution in [2.75, 3.05) is 13.2 Å². The lowest BCUT2D eigenvalue weighted by molar-refractivity contribution is -0.277. The first-order valence-corrected chi connectivity index (χ1v) is 12.4. The number of aromatic hydroxyl groups is 1. The van der Waals surface area contributed by atoms with Gasteiger partial charge in [0.25, 0.3) is 0 Å². The van der Waals surface area contributed by atoms with Gasteiger partial charge in [-0.15, -0.1) is 0 Å². The quantitative estimate of drug-likeness (QED) is 0.153. The second-order valence-electron chi connectivity index (χ2n) is 9.66. The fourth-order valence-corrected chi connectivity index (χ4v) is 4.62. The fourth-order valence-electron chi connectivity index (χ4n) is 4.62. The third-order valence-electron chi connectivity index (χ3n) is 6.87. The van der Waals surface area contributed by atoms with Crippen LogP contribution >= 0.6 is 0 Å². The molecule has 0 radical (unpaired) electrons. The molecule has 10 atom stereocenters. The van der Waals surface area contributed by atoms with Gasteiger partial charge in [-0.25, -0.2) is 0 Å². The summed E-state index contributed by atoms with van der Waals surface area (Å²) in [6.07, 6.45) is -14.7. The second kappa shape index (κ2) is 11.5. The van der Waals surface area contributed by atoms with Gasteiger partial charge in [-0.05, 0) is 30.3 Å². The summed E-state index contributed by atoms with van der Waals surface area (Å²) in [5, 5.41) is 90.0. The van der Waals surface area contributed by atoms with E-state index >= 15 is 0 Å². The van der Waals surface area contributed by atoms with Crippen LogP contribution in [0.1, 0.15) is 0 Å². The third-order valence-corrected chi connectivity index (χ3v) is 6.87. The molecule has 2 fully saturated rings. The van der Waals surface area contributed by atoms with Crippen molar-refractivity contribution < 1.29 is 69.3 Å². The van der Waals surface area contributed by atoms with Crippen LogP contribution in [0.3, 0.4) is 0 Å². The topological polar surface area (TPSA) is 232 Å². The van der Waals surface area contributed by atoms with Crippen LogP contribution in [0, 0.1) is 0 Å². The van der Waals surface area contributed by atoms with Gasteiger partial charge in [0.1, 0.15) is 77.4 Å². The molecule has 2 saturated heterocycles. The summed E-state index contributed by atoms with van der Waals surface area (Å²) in [5.41, 5.74) is 0.712. The SMILES string of the molecule is OC[C@H]1O[C@@H](Oc2ccc3cc(-c4cc(O)cc(O[C@@H]5O[C@H](CO)[C@@H](O)[C@H](O)[C@@H]5O)c4)oc3c2)[C@@H](O)[C@@H](O)[C@H]1O. The van der Waals surface area contributed by atoms with E-state index in [1.54, 1.807) is 18.2 Å². The van der Waals surface area contributed by atoms with Gasteiger partial charge in [0.2, 0.25) is 12.6 Å². The summed E-state index contributed by atoms with van der Waals surface area (Å²) in [4.78, 5) is 0. The molecule has 0 amide bonds. The standard InChI is InChI=1S/C26H30O14/c27-8-17-19(30)21(32)23(34)25(39-17)36-13-2-1-10-5-15(38-16(10)7-13)11-3-12(29)6-14(4-11)37-26-24(35)22(33)20(31)18(9-28)40-26/h1-7,17-35H,8-9H2/t17-,18-,19+,20-,21+,22+,23+,24+,25-,26-/m1/s1. The Kier molecular flexibility index (Phi) is 8.17. The molecule has 218 valence electrons. The van der Waals surface area contributed by atoms with Crippen molar-refractivity contribution in [3.05, 3.63) is 42.5 Å². The Morgan fingerprint density at radius 2 is 1.20 bits per heavy atom. The van der Waals surface area contributed by atoms with E-state index in [-0.39, 0.29) is 17.2 Å². The van der Waals surface area contributed by atoms with Crippen LogP contribution in [0.25, 0.3) is 22.3 Å². The van der Waals surface area contributed by atoms with Crippen molar-refractivity contribution in [1.82, 2.24) is 0 Å². The molecule has 0 aliphatic carbocycles. The number of phenols is 1. The summed E-state index contributed by atoms with van der Waals surface area (Å²) in [7, 11) is 0. The van der Waals surface area contributed by atoms with E-state index in [1.807, 2.05) is 0 Å². The van der Waals surface area contributed by atoms with Gasteiger partial charge in [-0.3, -0.25) is 0 Å². The predicted octanol–water partition coefficient (Wildman–Crippen LogP) is -1.84. The zero-order valence-corrected chi connectivity index (χ0v) is 20.8. The number of furan rings is 1. The lowest BCUT2D eigenvalue weighted by Gasteiger charge is -2.39. The molecule has 3 heterocycles. The number of ether oxygens (including phenoxy) is 4. The highest BCUT2D eigenvalue weighted by Crippen LogP contribution is 2.36. The minimum absolute atomic E-state index is 0.0337. The number of phenolic OH excluding ortho intramolecular Hbond substituents is 1. The largest absolute Gasteiger partial charge is 0.508 e. The maximum absolute atomic E-state index is 10.3. The van der Waals surface area contributed by atoms with E-state index in [2.05, 4.69) is 0 Å². The Hall–Kier alpha value is -3.02. The number of rotatable bonds is 7. The van der Waals surface area contributed by atoms with Crippen LogP contribution in [-0.2, 0) is 9.47 Å². The summed E-state index contributed by atoms with van der Waals surface area (Å²) in [6.45, 7) is -1.23. The lowest BCUT2D eigenvalue weighted by Crippen LogP contribution is -2.60. The lowest BCUT2D eigenvalue weighted by atomic mass is 9.99. The van der Waals surface area contributed by atoms with Crippen LogP contribution in [0.2, 0.25) is 0 Å². The van der Waals surface area contributed by atoms with Crippen molar-refractivity contribution in [3.8, 4) is 28.6 Å². The first-order chi connectivity index (χ1) is 19.1. The molecule has 14 heteroatoms. The molecule has 0 bridgehead atoms. The molecule has 9 N–H and O–H groups in total. The average molecular weight is 567 g/mol. The van der Waals surface area contributed by atoms with Crippen LogP contribution in [-0.4, -0.2) is 121 Å². The van der Waals surface area contributed by atoms with Gasteiger partial charge in [0.15, 0.2) is 0 Å².